The highest BCUT2D eigenvalue weighted by Gasteiger charge is 2.49. The van der Waals surface area contributed by atoms with Gasteiger partial charge >= 0.3 is 0 Å². The lowest BCUT2D eigenvalue weighted by molar-refractivity contribution is -0.142. The first-order chi connectivity index (χ1) is 14.2. The van der Waals surface area contributed by atoms with Gasteiger partial charge in [-0.3, -0.25) is 19.3 Å². The van der Waals surface area contributed by atoms with E-state index in [4.69, 9.17) is 14.2 Å². The fourth-order valence-corrected chi connectivity index (χ4v) is 3.77. The van der Waals surface area contributed by atoms with Crippen LogP contribution in [-0.4, -0.2) is 68.7 Å². The van der Waals surface area contributed by atoms with Crippen LogP contribution in [0.5, 0.6) is 0 Å². The summed E-state index contributed by atoms with van der Waals surface area (Å²) < 4.78 is 16.2. The van der Waals surface area contributed by atoms with E-state index in [9.17, 15) is 14.4 Å². The maximum absolute atomic E-state index is 13.0. The molecule has 0 radical (unpaired) electrons. The van der Waals surface area contributed by atoms with Crippen molar-refractivity contribution in [3.05, 3.63) is 0 Å². The first-order valence-corrected chi connectivity index (χ1v) is 11.3. The molecule has 0 bridgehead atoms. The van der Waals surface area contributed by atoms with E-state index >= 15 is 0 Å². The summed E-state index contributed by atoms with van der Waals surface area (Å²) in [5.41, 5.74) is -0.154. The molecule has 174 valence electrons. The van der Waals surface area contributed by atoms with Crippen molar-refractivity contribution in [1.29, 1.82) is 0 Å². The van der Waals surface area contributed by atoms with Crippen molar-refractivity contribution in [2.75, 3.05) is 46.2 Å². The van der Waals surface area contributed by atoms with Gasteiger partial charge in [-0.25, -0.2) is 0 Å². The average molecular weight is 428 g/mol. The van der Waals surface area contributed by atoms with Crippen molar-refractivity contribution in [2.24, 2.45) is 17.3 Å². The van der Waals surface area contributed by atoms with Gasteiger partial charge in [0.25, 0.3) is 0 Å². The Morgan fingerprint density at radius 1 is 1.07 bits per heavy atom. The molecule has 0 N–H and O–H groups in total. The maximum Gasteiger partial charge on any atom is 0.233 e. The van der Waals surface area contributed by atoms with E-state index in [0.717, 1.165) is 19.3 Å². The molecule has 1 saturated heterocycles. The number of hydrogen-bond acceptors (Lipinski definition) is 6. The molecular formula is C23H41NO6. The van der Waals surface area contributed by atoms with Gasteiger partial charge in [0.2, 0.25) is 11.8 Å². The minimum Gasteiger partial charge on any atom is -0.379 e. The third-order valence-electron chi connectivity index (χ3n) is 6.23. The normalized spacial score (nSPS) is 19.0. The number of carbonyl (C=O) groups excluding carboxylic acids is 3. The van der Waals surface area contributed by atoms with Crippen LogP contribution in [0, 0.1) is 17.3 Å². The fraction of sp³-hybridized carbons (Fsp3) is 0.870. The number of rotatable bonds is 17. The van der Waals surface area contributed by atoms with E-state index in [2.05, 4.69) is 27.7 Å². The first-order valence-electron chi connectivity index (χ1n) is 11.3. The smallest absolute Gasteiger partial charge is 0.233 e. The Labute approximate surface area is 181 Å². The number of hydrogen-bond donors (Lipinski definition) is 0. The van der Waals surface area contributed by atoms with Crippen LogP contribution in [0.15, 0.2) is 0 Å². The minimum absolute atomic E-state index is 0.0464. The largest absolute Gasteiger partial charge is 0.379 e. The van der Waals surface area contributed by atoms with E-state index in [1.54, 1.807) is 0 Å². The van der Waals surface area contributed by atoms with Crippen LogP contribution in [0.1, 0.15) is 66.7 Å². The van der Waals surface area contributed by atoms with Crippen molar-refractivity contribution < 1.29 is 28.6 Å². The molecule has 0 aromatic rings. The van der Waals surface area contributed by atoms with Crippen LogP contribution >= 0.6 is 0 Å². The second kappa shape index (κ2) is 13.9. The Morgan fingerprint density at radius 3 is 2.17 bits per heavy atom. The summed E-state index contributed by atoms with van der Waals surface area (Å²) in [7, 11) is 0. The molecule has 0 spiro atoms. The molecule has 0 aromatic heterocycles. The van der Waals surface area contributed by atoms with Gasteiger partial charge in [0.15, 0.2) is 0 Å². The molecule has 2 atom stereocenters. The van der Waals surface area contributed by atoms with Gasteiger partial charge in [-0.05, 0) is 24.7 Å². The highest BCUT2D eigenvalue weighted by atomic mass is 16.5. The van der Waals surface area contributed by atoms with Gasteiger partial charge in [-0.15, -0.1) is 0 Å². The molecule has 0 saturated carbocycles. The third kappa shape index (κ3) is 8.44. The van der Waals surface area contributed by atoms with Crippen molar-refractivity contribution in [1.82, 2.24) is 4.90 Å². The summed E-state index contributed by atoms with van der Waals surface area (Å²) in [6, 6.07) is 0. The Hall–Kier alpha value is -1.31. The van der Waals surface area contributed by atoms with Gasteiger partial charge in [0.05, 0.1) is 52.1 Å². The van der Waals surface area contributed by atoms with Crippen molar-refractivity contribution >= 4 is 17.6 Å². The standard InChI is InChI=1S/C23H41NO6/c1-6-7-9-23(5,18(2)3)20-17-21(26)24(22(20)27)10-12-29-14-16-30-15-13-28-11-8-19(4)25/h18,20H,6-17H2,1-5H3. The van der Waals surface area contributed by atoms with Crippen LogP contribution in [-0.2, 0) is 28.6 Å². The number of unbranched alkanes of at least 4 members (excludes halogenated alkanes) is 1. The van der Waals surface area contributed by atoms with Crippen molar-refractivity contribution in [2.45, 2.75) is 66.7 Å². The average Bonchev–Trinajstić information content (AvgIpc) is 2.98. The van der Waals surface area contributed by atoms with Crippen molar-refractivity contribution in [3.8, 4) is 0 Å². The number of Topliss-reactive ketones (excluding diaryl/α,β-unsaturated/α-hetero) is 1. The molecule has 1 fully saturated rings. The molecule has 7 heteroatoms. The van der Waals surface area contributed by atoms with Crippen LogP contribution in [0.4, 0.5) is 0 Å². The zero-order valence-corrected chi connectivity index (χ0v) is 19.5. The number of imide groups is 1. The molecule has 1 heterocycles. The summed E-state index contributed by atoms with van der Waals surface area (Å²) in [6.07, 6.45) is 3.85. The zero-order valence-electron chi connectivity index (χ0n) is 19.5. The number of likely N-dealkylation sites (tertiary alicyclic amines) is 1. The number of ketones is 1. The molecule has 1 rings (SSSR count). The second-order valence-corrected chi connectivity index (χ2v) is 8.69. The summed E-state index contributed by atoms with van der Waals surface area (Å²) in [4.78, 5) is 37.6. The predicted molar refractivity (Wildman–Crippen MR) is 115 cm³/mol. The van der Waals surface area contributed by atoms with E-state index in [-0.39, 0.29) is 28.9 Å². The summed E-state index contributed by atoms with van der Waals surface area (Å²) >= 11 is 0. The van der Waals surface area contributed by atoms with Gasteiger partial charge in [-0.2, -0.15) is 0 Å². The number of amides is 2. The summed E-state index contributed by atoms with van der Waals surface area (Å²) in [5.74, 6) is 0.0830. The lowest BCUT2D eigenvalue weighted by Gasteiger charge is -2.38. The monoisotopic (exact) mass is 427 g/mol. The third-order valence-corrected chi connectivity index (χ3v) is 6.23. The Kier molecular flexibility index (Phi) is 12.4. The molecule has 2 unspecified atom stereocenters. The first kappa shape index (κ1) is 26.7. The fourth-order valence-electron chi connectivity index (χ4n) is 3.77. The molecule has 30 heavy (non-hydrogen) atoms. The highest BCUT2D eigenvalue weighted by Crippen LogP contribution is 2.45. The molecule has 7 nitrogen and oxygen atoms in total. The van der Waals surface area contributed by atoms with Gasteiger partial charge in [-0.1, -0.05) is 40.5 Å². The predicted octanol–water partition coefficient (Wildman–Crippen LogP) is 3.24. The Morgan fingerprint density at radius 2 is 1.63 bits per heavy atom. The van der Waals surface area contributed by atoms with Crippen LogP contribution in [0.25, 0.3) is 0 Å². The maximum atomic E-state index is 13.0. The van der Waals surface area contributed by atoms with Crippen LogP contribution in [0.2, 0.25) is 0 Å². The Bertz CT molecular complexity index is 550. The number of nitrogens with zero attached hydrogens (tertiary/aromatic N) is 1. The molecule has 2 amide bonds. The molecule has 0 aliphatic carbocycles. The topological polar surface area (TPSA) is 82.1 Å². The quantitative estimate of drug-likeness (QED) is 0.262. The van der Waals surface area contributed by atoms with E-state index in [1.807, 2.05) is 0 Å². The SMILES string of the molecule is CCCCC(C)(C(C)C)C1CC(=O)N(CCOCCOCCOCCC(C)=O)C1=O. The molecule has 0 aromatic carbocycles. The van der Waals surface area contributed by atoms with Gasteiger partial charge < -0.3 is 14.2 Å². The van der Waals surface area contributed by atoms with E-state index < -0.39 is 0 Å². The molecule has 1 aliphatic rings. The highest BCUT2D eigenvalue weighted by molar-refractivity contribution is 6.03. The summed E-state index contributed by atoms with van der Waals surface area (Å²) in [6.45, 7) is 12.9. The summed E-state index contributed by atoms with van der Waals surface area (Å²) in [5, 5.41) is 0. The Balaban J connectivity index is 2.27. The lowest BCUT2D eigenvalue weighted by atomic mass is 9.65. The lowest BCUT2D eigenvalue weighted by Crippen LogP contribution is -2.40. The second-order valence-electron chi connectivity index (χ2n) is 8.69. The minimum atomic E-state index is -0.233. The zero-order chi connectivity index (χ0) is 22.6. The van der Waals surface area contributed by atoms with Gasteiger partial charge in [0, 0.05) is 12.8 Å². The van der Waals surface area contributed by atoms with E-state index in [1.165, 1.54) is 11.8 Å². The molecular weight excluding hydrogens is 386 g/mol. The number of carbonyl (C=O) groups is 3. The van der Waals surface area contributed by atoms with E-state index in [0.29, 0.717) is 64.9 Å². The van der Waals surface area contributed by atoms with Crippen LogP contribution < -0.4 is 0 Å². The molecule has 1 aliphatic heterocycles. The number of ether oxygens (including phenoxy) is 3. The van der Waals surface area contributed by atoms with Crippen molar-refractivity contribution in [3.63, 3.8) is 0 Å². The van der Waals surface area contributed by atoms with Crippen LogP contribution in [0.3, 0.4) is 0 Å². The van der Waals surface area contributed by atoms with Gasteiger partial charge in [0.1, 0.15) is 5.78 Å².